The number of methoxy groups -OCH3 is 1. The van der Waals surface area contributed by atoms with Gasteiger partial charge in [-0.05, 0) is 71.6 Å². The van der Waals surface area contributed by atoms with Crippen molar-refractivity contribution in [1.82, 2.24) is 4.90 Å². The molecule has 0 aromatic heterocycles. The van der Waals surface area contributed by atoms with Gasteiger partial charge in [0.05, 0.1) is 13.2 Å². The van der Waals surface area contributed by atoms with Crippen LogP contribution in [0.4, 0.5) is 0 Å². The van der Waals surface area contributed by atoms with E-state index in [1.165, 1.54) is 0 Å². The smallest absolute Gasteiger partial charge is 0.253 e. The highest BCUT2D eigenvalue weighted by Gasteiger charge is 2.16. The Balaban J connectivity index is 1.37. The first kappa shape index (κ1) is 20.2. The molecule has 1 fully saturated rings. The van der Waals surface area contributed by atoms with Gasteiger partial charge < -0.3 is 19.1 Å². The lowest BCUT2D eigenvalue weighted by molar-refractivity contribution is 0.0679. The maximum atomic E-state index is 12.8. The molecular formula is C25H27NO4. The van der Waals surface area contributed by atoms with Crippen LogP contribution in [0.5, 0.6) is 11.5 Å². The second kappa shape index (κ2) is 9.18. The van der Waals surface area contributed by atoms with E-state index in [0.29, 0.717) is 18.7 Å². The summed E-state index contributed by atoms with van der Waals surface area (Å²) in [5.74, 6) is 1.58. The first-order chi connectivity index (χ1) is 14.6. The van der Waals surface area contributed by atoms with E-state index >= 15 is 0 Å². The summed E-state index contributed by atoms with van der Waals surface area (Å²) in [6.07, 6.45) is 2.32. The summed E-state index contributed by atoms with van der Waals surface area (Å²) in [5.41, 5.74) is 1.73. The zero-order valence-electron chi connectivity index (χ0n) is 17.5. The third-order valence-electron chi connectivity index (χ3n) is 5.44. The molecule has 5 heteroatoms. The van der Waals surface area contributed by atoms with Crippen molar-refractivity contribution in [2.75, 3.05) is 27.4 Å². The fourth-order valence-electron chi connectivity index (χ4n) is 3.72. The normalized spacial score (nSPS) is 15.9. The van der Waals surface area contributed by atoms with Crippen molar-refractivity contribution in [2.45, 2.75) is 25.5 Å². The number of nitrogens with zero attached hydrogens (tertiary/aromatic N) is 1. The first-order valence-electron chi connectivity index (χ1n) is 10.3. The molecule has 0 bridgehead atoms. The highest BCUT2D eigenvalue weighted by molar-refractivity contribution is 5.94. The molecule has 1 aliphatic heterocycles. The van der Waals surface area contributed by atoms with Crippen molar-refractivity contribution in [1.29, 1.82) is 0 Å². The molecule has 3 aromatic rings. The summed E-state index contributed by atoms with van der Waals surface area (Å²) in [4.78, 5) is 14.6. The van der Waals surface area contributed by atoms with Crippen LogP contribution in [0.15, 0.2) is 60.7 Å². The molecule has 1 aliphatic rings. The van der Waals surface area contributed by atoms with Gasteiger partial charge in [0, 0.05) is 25.8 Å². The van der Waals surface area contributed by atoms with Gasteiger partial charge in [-0.25, -0.2) is 0 Å². The predicted octanol–water partition coefficient (Wildman–Crippen LogP) is 4.68. The molecule has 156 valence electrons. The molecule has 0 radical (unpaired) electrons. The molecule has 4 rings (SSSR count). The van der Waals surface area contributed by atoms with E-state index in [-0.39, 0.29) is 12.0 Å². The summed E-state index contributed by atoms with van der Waals surface area (Å²) in [5, 5.41) is 2.24. The van der Waals surface area contributed by atoms with Crippen LogP contribution in [0.1, 0.15) is 28.8 Å². The number of fused-ring (bicyclic) bond motifs is 1. The number of benzene rings is 3. The molecule has 1 atom stereocenters. The largest absolute Gasteiger partial charge is 0.497 e. The van der Waals surface area contributed by atoms with E-state index < -0.39 is 0 Å². The molecule has 1 heterocycles. The lowest BCUT2D eigenvalue weighted by Crippen LogP contribution is -2.26. The van der Waals surface area contributed by atoms with Crippen molar-refractivity contribution in [2.24, 2.45) is 0 Å². The molecule has 1 saturated heterocycles. The summed E-state index contributed by atoms with van der Waals surface area (Å²) >= 11 is 0. The monoisotopic (exact) mass is 405 g/mol. The van der Waals surface area contributed by atoms with Gasteiger partial charge in [0.25, 0.3) is 5.91 Å². The third-order valence-corrected chi connectivity index (χ3v) is 5.44. The Bertz CT molecular complexity index is 1010. The topological polar surface area (TPSA) is 48.0 Å². The minimum atomic E-state index is -0.0181. The van der Waals surface area contributed by atoms with Gasteiger partial charge in [-0.3, -0.25) is 4.79 Å². The summed E-state index contributed by atoms with van der Waals surface area (Å²) in [6, 6.07) is 19.5. The average molecular weight is 405 g/mol. The van der Waals surface area contributed by atoms with Crippen LogP contribution in [0.2, 0.25) is 0 Å². The summed E-state index contributed by atoms with van der Waals surface area (Å²) in [6.45, 7) is 1.91. The lowest BCUT2D eigenvalue weighted by Gasteiger charge is -2.18. The van der Waals surface area contributed by atoms with Crippen LogP contribution in [-0.2, 0) is 11.3 Å². The Morgan fingerprint density at radius 3 is 2.50 bits per heavy atom. The van der Waals surface area contributed by atoms with Crippen molar-refractivity contribution >= 4 is 16.7 Å². The lowest BCUT2D eigenvalue weighted by atomic mass is 10.1. The molecule has 0 aliphatic carbocycles. The Morgan fingerprint density at radius 2 is 1.77 bits per heavy atom. The molecule has 5 nitrogen and oxygen atoms in total. The van der Waals surface area contributed by atoms with E-state index in [1.807, 2.05) is 55.6 Å². The molecule has 1 amide bonds. The second-order valence-corrected chi connectivity index (χ2v) is 7.68. The number of amides is 1. The van der Waals surface area contributed by atoms with Gasteiger partial charge in [0.1, 0.15) is 18.1 Å². The van der Waals surface area contributed by atoms with Gasteiger partial charge >= 0.3 is 0 Å². The number of carbonyl (C=O) groups is 1. The molecule has 0 saturated carbocycles. The van der Waals surface area contributed by atoms with Crippen molar-refractivity contribution < 1.29 is 19.0 Å². The van der Waals surface area contributed by atoms with Crippen LogP contribution in [0.3, 0.4) is 0 Å². The van der Waals surface area contributed by atoms with Crippen molar-refractivity contribution in [3.8, 4) is 11.5 Å². The number of carbonyl (C=O) groups excluding carboxylic acids is 1. The zero-order chi connectivity index (χ0) is 20.9. The standard InChI is InChI=1S/C25H27NO4/c1-26(16-18-5-6-21-15-23(28-2)12-9-20(21)14-18)25(27)19-7-10-22(11-8-19)30-17-24-4-3-13-29-24/h5-12,14-15,24H,3-4,13,16-17H2,1-2H3. The van der Waals surface area contributed by atoms with E-state index in [9.17, 15) is 4.79 Å². The molecule has 0 N–H and O–H groups in total. The second-order valence-electron chi connectivity index (χ2n) is 7.68. The number of rotatable bonds is 7. The fraction of sp³-hybridized carbons (Fsp3) is 0.320. The molecular weight excluding hydrogens is 378 g/mol. The maximum absolute atomic E-state index is 12.8. The maximum Gasteiger partial charge on any atom is 0.253 e. The Hall–Kier alpha value is -3.05. The van der Waals surface area contributed by atoms with Gasteiger partial charge in [0.2, 0.25) is 0 Å². The van der Waals surface area contributed by atoms with Gasteiger partial charge in [0.15, 0.2) is 0 Å². The number of hydrogen-bond acceptors (Lipinski definition) is 4. The quantitative estimate of drug-likeness (QED) is 0.573. The van der Waals surface area contributed by atoms with Crippen LogP contribution < -0.4 is 9.47 Å². The summed E-state index contributed by atoms with van der Waals surface area (Å²) in [7, 11) is 3.49. The minimum Gasteiger partial charge on any atom is -0.497 e. The Kier molecular flexibility index (Phi) is 6.19. The number of ether oxygens (including phenoxy) is 3. The number of hydrogen-bond donors (Lipinski definition) is 0. The fourth-order valence-corrected chi connectivity index (χ4v) is 3.72. The van der Waals surface area contributed by atoms with Crippen molar-refractivity contribution in [3.63, 3.8) is 0 Å². The highest BCUT2D eigenvalue weighted by Crippen LogP contribution is 2.23. The first-order valence-corrected chi connectivity index (χ1v) is 10.3. The van der Waals surface area contributed by atoms with E-state index in [0.717, 1.165) is 47.3 Å². The van der Waals surface area contributed by atoms with Gasteiger partial charge in [-0.1, -0.05) is 18.2 Å². The molecule has 30 heavy (non-hydrogen) atoms. The minimum absolute atomic E-state index is 0.0181. The summed E-state index contributed by atoms with van der Waals surface area (Å²) < 4.78 is 16.6. The van der Waals surface area contributed by atoms with E-state index in [1.54, 1.807) is 12.0 Å². The molecule has 1 unspecified atom stereocenters. The van der Waals surface area contributed by atoms with Gasteiger partial charge in [-0.15, -0.1) is 0 Å². The van der Waals surface area contributed by atoms with Crippen LogP contribution >= 0.6 is 0 Å². The van der Waals surface area contributed by atoms with Crippen molar-refractivity contribution in [3.05, 3.63) is 71.8 Å². The van der Waals surface area contributed by atoms with E-state index in [2.05, 4.69) is 12.1 Å². The SMILES string of the molecule is COc1ccc2cc(CN(C)C(=O)c3ccc(OCC4CCCO4)cc3)ccc2c1. The van der Waals surface area contributed by atoms with E-state index in [4.69, 9.17) is 14.2 Å². The van der Waals surface area contributed by atoms with Crippen LogP contribution in [-0.4, -0.2) is 44.3 Å². The average Bonchev–Trinajstić information content (AvgIpc) is 3.31. The third kappa shape index (κ3) is 4.74. The van der Waals surface area contributed by atoms with Crippen LogP contribution in [0.25, 0.3) is 10.8 Å². The molecule has 0 spiro atoms. The Morgan fingerprint density at radius 1 is 1.03 bits per heavy atom. The predicted molar refractivity (Wildman–Crippen MR) is 117 cm³/mol. The highest BCUT2D eigenvalue weighted by atomic mass is 16.5. The molecule has 3 aromatic carbocycles. The Labute approximate surface area is 177 Å². The zero-order valence-corrected chi connectivity index (χ0v) is 17.5. The van der Waals surface area contributed by atoms with Gasteiger partial charge in [-0.2, -0.15) is 0 Å². The van der Waals surface area contributed by atoms with Crippen LogP contribution in [0, 0.1) is 0 Å².